The number of fused-ring (bicyclic) bond motifs is 1. The van der Waals surface area contributed by atoms with Crippen LogP contribution in [0.15, 0.2) is 78.9 Å². The van der Waals surface area contributed by atoms with Crippen LogP contribution >= 0.6 is 11.6 Å². The number of nitrogens with one attached hydrogen (secondary N) is 1. The number of carbonyl (C=O) groups is 2. The number of ether oxygens (including phenoxy) is 1. The number of halogens is 1. The number of esters is 1. The molecule has 0 spiro atoms. The fourth-order valence-corrected chi connectivity index (χ4v) is 4.16. The van der Waals surface area contributed by atoms with Gasteiger partial charge in [0.25, 0.3) is 5.91 Å². The van der Waals surface area contributed by atoms with Crippen LogP contribution in [0.25, 0.3) is 0 Å². The molecule has 146 valence electrons. The molecule has 0 aromatic heterocycles. The van der Waals surface area contributed by atoms with E-state index in [2.05, 4.69) is 5.32 Å². The van der Waals surface area contributed by atoms with E-state index in [1.807, 2.05) is 50.2 Å². The predicted molar refractivity (Wildman–Crippen MR) is 112 cm³/mol. The molecule has 0 unspecified atom stereocenters. The SMILES string of the molecule is CC1(C)c2cc(Cl)ccc2OC(=O)[C@]1(NC(=O)c1ccccc1)c1ccccc1. The molecular weight excluding hydrogens is 386 g/mol. The van der Waals surface area contributed by atoms with Crippen molar-refractivity contribution in [2.24, 2.45) is 0 Å². The Morgan fingerprint density at radius 1 is 0.931 bits per heavy atom. The third-order valence-corrected chi connectivity index (χ3v) is 5.84. The number of hydrogen-bond donors (Lipinski definition) is 1. The van der Waals surface area contributed by atoms with Crippen molar-refractivity contribution in [2.75, 3.05) is 0 Å². The summed E-state index contributed by atoms with van der Waals surface area (Å²) in [5, 5.41) is 3.54. The number of hydrogen-bond acceptors (Lipinski definition) is 3. The Kier molecular flexibility index (Phi) is 4.67. The van der Waals surface area contributed by atoms with Crippen molar-refractivity contribution in [2.45, 2.75) is 24.8 Å². The third kappa shape index (κ3) is 3.00. The van der Waals surface area contributed by atoms with E-state index in [-0.39, 0.29) is 5.91 Å². The van der Waals surface area contributed by atoms with Gasteiger partial charge in [-0.25, -0.2) is 4.79 Å². The minimum Gasteiger partial charge on any atom is -0.424 e. The zero-order valence-electron chi connectivity index (χ0n) is 16.1. The molecule has 0 saturated carbocycles. The highest BCUT2D eigenvalue weighted by atomic mass is 35.5. The van der Waals surface area contributed by atoms with Gasteiger partial charge >= 0.3 is 5.97 Å². The van der Waals surface area contributed by atoms with Gasteiger partial charge in [0.05, 0.1) is 0 Å². The highest BCUT2D eigenvalue weighted by Crippen LogP contribution is 2.50. The molecule has 29 heavy (non-hydrogen) atoms. The molecule has 1 aliphatic rings. The van der Waals surface area contributed by atoms with Gasteiger partial charge < -0.3 is 10.1 Å². The second-order valence-corrected chi connectivity index (χ2v) is 8.03. The van der Waals surface area contributed by atoms with E-state index in [4.69, 9.17) is 16.3 Å². The molecule has 0 bridgehead atoms. The summed E-state index contributed by atoms with van der Waals surface area (Å²) >= 11 is 6.25. The van der Waals surface area contributed by atoms with Crippen molar-refractivity contribution >= 4 is 23.5 Å². The summed E-state index contributed by atoms with van der Waals surface area (Å²) in [5.41, 5.74) is -0.414. The van der Waals surface area contributed by atoms with Gasteiger partial charge in [0.1, 0.15) is 5.75 Å². The summed E-state index contributed by atoms with van der Waals surface area (Å²) in [6.45, 7) is 3.84. The summed E-state index contributed by atoms with van der Waals surface area (Å²) < 4.78 is 5.72. The van der Waals surface area contributed by atoms with Crippen molar-refractivity contribution in [3.63, 3.8) is 0 Å². The maximum absolute atomic E-state index is 13.5. The van der Waals surface area contributed by atoms with Gasteiger partial charge in [-0.05, 0) is 35.9 Å². The normalized spacial score (nSPS) is 19.8. The summed E-state index contributed by atoms with van der Waals surface area (Å²) in [6, 6.07) is 23.2. The second-order valence-electron chi connectivity index (χ2n) is 7.59. The lowest BCUT2D eigenvalue weighted by atomic mass is 9.62. The largest absolute Gasteiger partial charge is 0.424 e. The standard InChI is InChI=1S/C24H20ClNO3/c1-23(2)19-15-18(25)13-14-20(19)29-22(28)24(23,17-11-7-4-8-12-17)26-21(27)16-9-5-3-6-10-16/h3-15H,1-2H3,(H,26,27)/t24-/m1/s1. The number of benzene rings is 3. The van der Waals surface area contributed by atoms with Crippen molar-refractivity contribution in [3.8, 4) is 5.75 Å². The Morgan fingerprint density at radius 2 is 1.55 bits per heavy atom. The smallest absolute Gasteiger partial charge is 0.342 e. The lowest BCUT2D eigenvalue weighted by molar-refractivity contribution is -0.147. The zero-order valence-corrected chi connectivity index (χ0v) is 16.9. The van der Waals surface area contributed by atoms with Crippen LogP contribution in [0.3, 0.4) is 0 Å². The molecule has 1 aliphatic heterocycles. The molecule has 1 N–H and O–H groups in total. The first-order valence-corrected chi connectivity index (χ1v) is 9.69. The Morgan fingerprint density at radius 3 is 2.21 bits per heavy atom. The van der Waals surface area contributed by atoms with Gasteiger partial charge in [-0.3, -0.25) is 4.79 Å². The fraction of sp³-hybridized carbons (Fsp3) is 0.167. The average Bonchev–Trinajstić information content (AvgIpc) is 2.73. The topological polar surface area (TPSA) is 55.4 Å². The summed E-state index contributed by atoms with van der Waals surface area (Å²) in [5.74, 6) is -0.442. The predicted octanol–water partition coefficient (Wildman–Crippen LogP) is 4.86. The van der Waals surface area contributed by atoms with E-state index in [1.165, 1.54) is 0 Å². The fourth-order valence-electron chi connectivity index (χ4n) is 3.99. The maximum Gasteiger partial charge on any atom is 0.342 e. The van der Waals surface area contributed by atoms with Crippen molar-refractivity contribution in [1.82, 2.24) is 5.32 Å². The maximum atomic E-state index is 13.5. The number of rotatable bonds is 3. The first-order valence-electron chi connectivity index (χ1n) is 9.31. The van der Waals surface area contributed by atoms with E-state index < -0.39 is 16.9 Å². The molecule has 0 radical (unpaired) electrons. The Balaban J connectivity index is 1.93. The van der Waals surface area contributed by atoms with Gasteiger partial charge in [-0.15, -0.1) is 0 Å². The number of amides is 1. The van der Waals surface area contributed by atoms with Gasteiger partial charge in [-0.1, -0.05) is 74.0 Å². The third-order valence-electron chi connectivity index (χ3n) is 5.61. The van der Waals surface area contributed by atoms with E-state index in [1.54, 1.807) is 42.5 Å². The second kappa shape index (κ2) is 7.05. The van der Waals surface area contributed by atoms with Crippen LogP contribution in [0.5, 0.6) is 5.75 Å². The monoisotopic (exact) mass is 405 g/mol. The molecule has 5 heteroatoms. The summed E-state index contributed by atoms with van der Waals surface area (Å²) in [4.78, 5) is 26.6. The minimum absolute atomic E-state index is 0.357. The lowest BCUT2D eigenvalue weighted by Gasteiger charge is -2.48. The van der Waals surface area contributed by atoms with Gasteiger partial charge in [0.15, 0.2) is 5.54 Å². The van der Waals surface area contributed by atoms with Gasteiger partial charge in [0.2, 0.25) is 0 Å². The van der Waals surface area contributed by atoms with Crippen LogP contribution in [0.1, 0.15) is 35.3 Å². The van der Waals surface area contributed by atoms with E-state index in [0.717, 1.165) is 5.56 Å². The van der Waals surface area contributed by atoms with E-state index in [9.17, 15) is 9.59 Å². The molecule has 4 rings (SSSR count). The summed E-state index contributed by atoms with van der Waals surface area (Å²) in [7, 11) is 0. The number of carbonyl (C=O) groups excluding carboxylic acids is 2. The van der Waals surface area contributed by atoms with Gasteiger partial charge in [0, 0.05) is 21.6 Å². The molecule has 0 fully saturated rings. The Hall–Kier alpha value is -3.11. The molecule has 3 aromatic carbocycles. The zero-order chi connectivity index (χ0) is 20.6. The van der Waals surface area contributed by atoms with Crippen LogP contribution in [-0.2, 0) is 15.7 Å². The van der Waals surface area contributed by atoms with Gasteiger partial charge in [-0.2, -0.15) is 0 Å². The van der Waals surface area contributed by atoms with Crippen LogP contribution in [-0.4, -0.2) is 11.9 Å². The minimum atomic E-state index is -1.43. The van der Waals surface area contributed by atoms with Crippen LogP contribution in [0.4, 0.5) is 0 Å². The van der Waals surface area contributed by atoms with E-state index in [0.29, 0.717) is 21.9 Å². The van der Waals surface area contributed by atoms with Crippen molar-refractivity contribution in [1.29, 1.82) is 0 Å². The van der Waals surface area contributed by atoms with E-state index >= 15 is 0 Å². The summed E-state index contributed by atoms with van der Waals surface area (Å²) in [6.07, 6.45) is 0. The van der Waals surface area contributed by atoms with Crippen LogP contribution in [0.2, 0.25) is 5.02 Å². The molecule has 0 saturated heterocycles. The first kappa shape index (κ1) is 19.2. The van der Waals surface area contributed by atoms with Crippen LogP contribution in [0, 0.1) is 0 Å². The first-order chi connectivity index (χ1) is 13.9. The quantitative estimate of drug-likeness (QED) is 0.500. The Bertz CT molecular complexity index is 1080. The molecule has 1 amide bonds. The molecule has 4 nitrogen and oxygen atoms in total. The lowest BCUT2D eigenvalue weighted by Crippen LogP contribution is -2.65. The molecule has 3 aromatic rings. The average molecular weight is 406 g/mol. The van der Waals surface area contributed by atoms with Crippen LogP contribution < -0.4 is 10.1 Å². The molecule has 0 aliphatic carbocycles. The highest BCUT2D eigenvalue weighted by molar-refractivity contribution is 6.30. The molecule has 1 heterocycles. The molecular formula is C24H20ClNO3. The Labute approximate surface area is 174 Å². The highest BCUT2D eigenvalue weighted by Gasteiger charge is 2.59. The van der Waals surface area contributed by atoms with Crippen molar-refractivity contribution in [3.05, 3.63) is 101 Å². The molecule has 1 atom stereocenters. The van der Waals surface area contributed by atoms with Crippen molar-refractivity contribution < 1.29 is 14.3 Å².